The van der Waals surface area contributed by atoms with Crippen LogP contribution in [0.25, 0.3) is 0 Å². The standard InChI is InChI=1S/C22H30O/c1-3-4-5-16-7-11-21-20-9-6-15-14-17(23)8-10-18(15)19(20)12-13-22(16,21)2/h8-10,14,16,19,21,23H,3-7,11-13H2,1-2H3. The summed E-state index contributed by atoms with van der Waals surface area (Å²) in [5, 5.41) is 9.77. The van der Waals surface area contributed by atoms with Crippen LogP contribution in [0.3, 0.4) is 0 Å². The molecule has 0 aromatic heterocycles. The Morgan fingerprint density at radius 1 is 1.22 bits per heavy atom. The van der Waals surface area contributed by atoms with Crippen LogP contribution in [-0.2, 0) is 6.42 Å². The summed E-state index contributed by atoms with van der Waals surface area (Å²) in [4.78, 5) is 0. The van der Waals surface area contributed by atoms with Gasteiger partial charge in [-0.25, -0.2) is 0 Å². The zero-order valence-corrected chi connectivity index (χ0v) is 14.6. The van der Waals surface area contributed by atoms with E-state index in [1.54, 1.807) is 5.57 Å². The fourth-order valence-electron chi connectivity index (χ4n) is 5.98. The maximum absolute atomic E-state index is 9.77. The van der Waals surface area contributed by atoms with Gasteiger partial charge in [-0.15, -0.1) is 0 Å². The summed E-state index contributed by atoms with van der Waals surface area (Å²) in [6.07, 6.45) is 13.2. The third-order valence-electron chi connectivity index (χ3n) is 7.27. The van der Waals surface area contributed by atoms with Gasteiger partial charge in [0.15, 0.2) is 0 Å². The van der Waals surface area contributed by atoms with Crippen molar-refractivity contribution in [2.24, 2.45) is 17.3 Å². The van der Waals surface area contributed by atoms with Crippen LogP contribution in [-0.4, -0.2) is 5.11 Å². The Hall–Kier alpha value is -1.24. The van der Waals surface area contributed by atoms with Gasteiger partial charge < -0.3 is 5.11 Å². The molecule has 0 spiro atoms. The molecule has 2 saturated carbocycles. The average molecular weight is 310 g/mol. The summed E-state index contributed by atoms with van der Waals surface area (Å²) in [5.41, 5.74) is 5.14. The zero-order valence-electron chi connectivity index (χ0n) is 14.6. The number of phenolic OH excluding ortho intramolecular Hbond substituents is 1. The third-order valence-corrected chi connectivity index (χ3v) is 7.27. The molecule has 4 atom stereocenters. The van der Waals surface area contributed by atoms with Gasteiger partial charge in [0.05, 0.1) is 0 Å². The minimum absolute atomic E-state index is 0.418. The van der Waals surface area contributed by atoms with Crippen molar-refractivity contribution in [3.8, 4) is 5.75 Å². The molecule has 0 heterocycles. The molecule has 124 valence electrons. The first-order valence-electron chi connectivity index (χ1n) is 9.65. The van der Waals surface area contributed by atoms with Crippen LogP contribution in [0.1, 0.15) is 75.8 Å². The molecule has 0 bridgehead atoms. The molecule has 3 aliphatic carbocycles. The topological polar surface area (TPSA) is 20.2 Å². The van der Waals surface area contributed by atoms with Gasteiger partial charge in [-0.2, -0.15) is 0 Å². The van der Waals surface area contributed by atoms with E-state index in [9.17, 15) is 5.11 Å². The molecule has 0 amide bonds. The number of hydrogen-bond acceptors (Lipinski definition) is 1. The zero-order chi connectivity index (χ0) is 16.0. The van der Waals surface area contributed by atoms with Gasteiger partial charge in [0.2, 0.25) is 0 Å². The van der Waals surface area contributed by atoms with Gasteiger partial charge >= 0.3 is 0 Å². The predicted molar refractivity (Wildman–Crippen MR) is 95.7 cm³/mol. The molecule has 1 aromatic carbocycles. The lowest BCUT2D eigenvalue weighted by atomic mass is 9.57. The Balaban J connectivity index is 1.63. The van der Waals surface area contributed by atoms with Crippen molar-refractivity contribution >= 4 is 0 Å². The van der Waals surface area contributed by atoms with E-state index < -0.39 is 0 Å². The van der Waals surface area contributed by atoms with Crippen molar-refractivity contribution < 1.29 is 5.11 Å². The van der Waals surface area contributed by atoms with E-state index in [0.29, 0.717) is 17.1 Å². The molecule has 1 aromatic rings. The molecule has 4 unspecified atom stereocenters. The first-order valence-corrected chi connectivity index (χ1v) is 9.65. The molecule has 3 aliphatic rings. The van der Waals surface area contributed by atoms with Crippen molar-refractivity contribution in [3.63, 3.8) is 0 Å². The largest absolute Gasteiger partial charge is 0.508 e. The Labute approximate surface area is 140 Å². The van der Waals surface area contributed by atoms with E-state index in [1.807, 2.05) is 12.1 Å². The molecule has 0 saturated heterocycles. The van der Waals surface area contributed by atoms with Crippen molar-refractivity contribution in [1.82, 2.24) is 0 Å². The number of fused-ring (bicyclic) bond motifs is 5. The van der Waals surface area contributed by atoms with Crippen molar-refractivity contribution in [1.29, 1.82) is 0 Å². The van der Waals surface area contributed by atoms with Gasteiger partial charge in [-0.05, 0) is 79.0 Å². The molecule has 0 radical (unpaired) electrons. The summed E-state index contributed by atoms with van der Waals surface area (Å²) >= 11 is 0. The van der Waals surface area contributed by atoms with Crippen LogP contribution in [0.2, 0.25) is 0 Å². The molecule has 0 aliphatic heterocycles. The highest BCUT2D eigenvalue weighted by Crippen LogP contribution is 2.62. The summed E-state index contributed by atoms with van der Waals surface area (Å²) < 4.78 is 0. The second-order valence-electron chi connectivity index (χ2n) is 8.36. The molecule has 2 fully saturated rings. The number of hydrogen-bond donors (Lipinski definition) is 1. The highest BCUT2D eigenvalue weighted by Gasteiger charge is 2.51. The highest BCUT2D eigenvalue weighted by molar-refractivity contribution is 5.47. The fraction of sp³-hybridized carbons (Fsp3) is 0.636. The lowest BCUT2D eigenvalue weighted by Crippen LogP contribution is -2.37. The van der Waals surface area contributed by atoms with Crippen LogP contribution in [0.4, 0.5) is 0 Å². The summed E-state index contributed by atoms with van der Waals surface area (Å²) in [5.74, 6) is 2.80. The smallest absolute Gasteiger partial charge is 0.115 e. The lowest BCUT2D eigenvalue weighted by Gasteiger charge is -2.47. The second-order valence-corrected chi connectivity index (χ2v) is 8.36. The van der Waals surface area contributed by atoms with Gasteiger partial charge in [0.25, 0.3) is 0 Å². The van der Waals surface area contributed by atoms with E-state index in [4.69, 9.17) is 0 Å². The van der Waals surface area contributed by atoms with E-state index in [2.05, 4.69) is 26.0 Å². The fourth-order valence-corrected chi connectivity index (χ4v) is 5.98. The SMILES string of the molecule is CCCCC1CCC2C3=CCc4cc(O)ccc4C3CCC12C. The van der Waals surface area contributed by atoms with Gasteiger partial charge in [0.1, 0.15) is 5.75 Å². The van der Waals surface area contributed by atoms with E-state index in [1.165, 1.54) is 56.1 Å². The molecule has 1 nitrogen and oxygen atoms in total. The lowest BCUT2D eigenvalue weighted by molar-refractivity contribution is 0.119. The normalized spacial score (nSPS) is 35.2. The number of rotatable bonds is 3. The van der Waals surface area contributed by atoms with Crippen LogP contribution < -0.4 is 0 Å². The minimum atomic E-state index is 0.418. The molecule has 1 heteroatoms. The number of benzene rings is 1. The van der Waals surface area contributed by atoms with Gasteiger partial charge in [0, 0.05) is 5.92 Å². The monoisotopic (exact) mass is 310 g/mol. The van der Waals surface area contributed by atoms with Crippen LogP contribution in [0, 0.1) is 17.3 Å². The summed E-state index contributed by atoms with van der Waals surface area (Å²) in [6.45, 7) is 4.91. The predicted octanol–water partition coefficient (Wildman–Crippen LogP) is 5.97. The Morgan fingerprint density at radius 3 is 2.91 bits per heavy atom. The van der Waals surface area contributed by atoms with E-state index in [-0.39, 0.29) is 0 Å². The van der Waals surface area contributed by atoms with E-state index in [0.717, 1.165) is 18.3 Å². The summed E-state index contributed by atoms with van der Waals surface area (Å²) in [6, 6.07) is 6.05. The minimum Gasteiger partial charge on any atom is -0.508 e. The highest BCUT2D eigenvalue weighted by atomic mass is 16.3. The van der Waals surface area contributed by atoms with E-state index >= 15 is 0 Å². The van der Waals surface area contributed by atoms with Crippen LogP contribution >= 0.6 is 0 Å². The summed E-state index contributed by atoms with van der Waals surface area (Å²) in [7, 11) is 0. The number of unbranched alkanes of at least 4 members (excludes halogenated alkanes) is 1. The van der Waals surface area contributed by atoms with Gasteiger partial charge in [-0.3, -0.25) is 0 Å². The first-order chi connectivity index (χ1) is 11.1. The van der Waals surface area contributed by atoms with Crippen LogP contribution in [0.15, 0.2) is 29.8 Å². The maximum atomic E-state index is 9.77. The number of aromatic hydroxyl groups is 1. The molecular weight excluding hydrogens is 280 g/mol. The van der Waals surface area contributed by atoms with Crippen molar-refractivity contribution in [3.05, 3.63) is 41.0 Å². The molecule has 1 N–H and O–H groups in total. The molecule has 4 rings (SSSR count). The van der Waals surface area contributed by atoms with Crippen molar-refractivity contribution in [2.75, 3.05) is 0 Å². The third kappa shape index (κ3) is 2.35. The maximum Gasteiger partial charge on any atom is 0.115 e. The number of phenols is 1. The second kappa shape index (κ2) is 5.69. The van der Waals surface area contributed by atoms with Gasteiger partial charge in [-0.1, -0.05) is 44.4 Å². The quantitative estimate of drug-likeness (QED) is 0.681. The Bertz CT molecular complexity index is 629. The Morgan fingerprint density at radius 2 is 2.09 bits per heavy atom. The van der Waals surface area contributed by atoms with Crippen molar-refractivity contribution in [2.45, 2.75) is 71.1 Å². The first kappa shape index (κ1) is 15.3. The Kier molecular flexibility index (Phi) is 3.78. The number of allylic oxidation sites excluding steroid dienone is 2. The van der Waals surface area contributed by atoms with Crippen LogP contribution in [0.5, 0.6) is 5.75 Å². The molecule has 23 heavy (non-hydrogen) atoms. The molecular formula is C22H30O. The average Bonchev–Trinajstić information content (AvgIpc) is 2.89.